The Labute approximate surface area is 160 Å². The van der Waals surface area contributed by atoms with Crippen molar-refractivity contribution in [2.75, 3.05) is 12.4 Å². The van der Waals surface area contributed by atoms with Gasteiger partial charge in [0.05, 0.1) is 24.3 Å². The average molecular weight is 391 g/mol. The largest absolute Gasteiger partial charge is 0.497 e. The molecule has 1 aliphatic carbocycles. The molecule has 0 radical (unpaired) electrons. The molecule has 148 valence electrons. The van der Waals surface area contributed by atoms with Crippen molar-refractivity contribution < 1.29 is 27.8 Å². The van der Waals surface area contributed by atoms with E-state index in [0.29, 0.717) is 0 Å². The molecule has 2 aromatic carbocycles. The van der Waals surface area contributed by atoms with Crippen molar-refractivity contribution in [2.24, 2.45) is 5.92 Å². The number of aromatic carboxylic acids is 1. The molecule has 1 aliphatic heterocycles. The summed E-state index contributed by atoms with van der Waals surface area (Å²) in [6.07, 6.45) is -1.95. The molecule has 1 heterocycles. The van der Waals surface area contributed by atoms with Crippen molar-refractivity contribution in [3.63, 3.8) is 0 Å². The number of carboxylic acids is 1. The number of hydrogen-bond acceptors (Lipinski definition) is 3. The minimum Gasteiger partial charge on any atom is -0.497 e. The number of anilines is 1. The zero-order valence-electron chi connectivity index (χ0n) is 15.2. The van der Waals surface area contributed by atoms with Gasteiger partial charge in [0.25, 0.3) is 0 Å². The predicted molar refractivity (Wildman–Crippen MR) is 97.8 cm³/mol. The number of hydrogen-bond donors (Lipinski definition) is 2. The number of nitrogens with one attached hydrogen (secondary N) is 1. The summed E-state index contributed by atoms with van der Waals surface area (Å²) in [5.41, 5.74) is 0.751. The van der Waals surface area contributed by atoms with Crippen LogP contribution in [0.1, 0.15) is 58.3 Å². The summed E-state index contributed by atoms with van der Waals surface area (Å²) in [4.78, 5) is 11.2. The van der Waals surface area contributed by atoms with E-state index in [1.807, 2.05) is 12.1 Å². The lowest BCUT2D eigenvalue weighted by atomic mass is 9.76. The van der Waals surface area contributed by atoms with Gasteiger partial charge in [-0.2, -0.15) is 13.2 Å². The Balaban J connectivity index is 1.82. The van der Waals surface area contributed by atoms with Crippen LogP contribution < -0.4 is 10.1 Å². The van der Waals surface area contributed by atoms with E-state index in [4.69, 9.17) is 9.84 Å². The van der Waals surface area contributed by atoms with E-state index < -0.39 is 23.8 Å². The topological polar surface area (TPSA) is 58.6 Å². The van der Waals surface area contributed by atoms with E-state index in [1.54, 1.807) is 13.2 Å². The third kappa shape index (κ3) is 3.08. The smallest absolute Gasteiger partial charge is 0.416 e. The summed E-state index contributed by atoms with van der Waals surface area (Å²) in [6.45, 7) is 0. The molecule has 2 N–H and O–H groups in total. The van der Waals surface area contributed by atoms with E-state index in [-0.39, 0.29) is 23.0 Å². The minimum atomic E-state index is -4.63. The summed E-state index contributed by atoms with van der Waals surface area (Å²) < 4.78 is 46.6. The second-order valence-electron chi connectivity index (χ2n) is 7.38. The summed E-state index contributed by atoms with van der Waals surface area (Å²) in [5.74, 6) is -0.482. The van der Waals surface area contributed by atoms with Crippen molar-refractivity contribution in [1.29, 1.82) is 0 Å². The number of halogens is 3. The number of carbonyl (C=O) groups is 1. The van der Waals surface area contributed by atoms with Crippen LogP contribution in [0.4, 0.5) is 18.9 Å². The number of fused-ring (bicyclic) bond motifs is 3. The molecule has 0 bridgehead atoms. The van der Waals surface area contributed by atoms with Crippen molar-refractivity contribution in [3.8, 4) is 5.75 Å². The van der Waals surface area contributed by atoms with E-state index in [1.165, 1.54) is 12.1 Å². The SMILES string of the molecule is COc1ccc2c(c1)[C@@H]1CCC[C@@H]1[C@H](c1ccc(C(=O)O)cc1C(F)(F)F)N2. The highest BCUT2D eigenvalue weighted by Gasteiger charge is 2.44. The van der Waals surface area contributed by atoms with Crippen LogP contribution in [-0.2, 0) is 6.18 Å². The standard InChI is InChI=1S/C21H20F3NO3/c1-28-12-6-8-18-16(10-12)13-3-2-4-14(13)19(25-18)15-7-5-11(20(26)27)9-17(15)21(22,23)24/h5-10,13-14,19,25H,2-4H2,1H3,(H,26,27)/t13-,14+,19-/m1/s1. The lowest BCUT2D eigenvalue weighted by molar-refractivity contribution is -0.138. The third-order valence-electron chi connectivity index (χ3n) is 5.91. The van der Waals surface area contributed by atoms with E-state index in [9.17, 15) is 18.0 Å². The van der Waals surface area contributed by atoms with Crippen LogP contribution in [0.25, 0.3) is 0 Å². The zero-order valence-corrected chi connectivity index (χ0v) is 15.2. The fraction of sp³-hybridized carbons (Fsp3) is 0.381. The Kier molecular flexibility index (Phi) is 4.48. The van der Waals surface area contributed by atoms with Crippen LogP contribution >= 0.6 is 0 Å². The quantitative estimate of drug-likeness (QED) is 0.729. The van der Waals surface area contributed by atoms with Crippen LogP contribution in [0.15, 0.2) is 36.4 Å². The van der Waals surface area contributed by atoms with Gasteiger partial charge < -0.3 is 15.2 Å². The lowest BCUT2D eigenvalue weighted by Gasteiger charge is -2.38. The number of methoxy groups -OCH3 is 1. The number of carboxylic acid groups (broad SMARTS) is 1. The minimum absolute atomic E-state index is 0.0105. The van der Waals surface area contributed by atoms with Crippen LogP contribution in [-0.4, -0.2) is 18.2 Å². The van der Waals surface area contributed by atoms with Crippen LogP contribution in [0.3, 0.4) is 0 Å². The maximum Gasteiger partial charge on any atom is 0.416 e. The van der Waals surface area contributed by atoms with Gasteiger partial charge in [-0.1, -0.05) is 12.5 Å². The van der Waals surface area contributed by atoms with Gasteiger partial charge in [-0.3, -0.25) is 0 Å². The Morgan fingerprint density at radius 2 is 1.93 bits per heavy atom. The second kappa shape index (κ2) is 6.72. The molecule has 4 nitrogen and oxygen atoms in total. The number of benzene rings is 2. The molecular weight excluding hydrogens is 371 g/mol. The first kappa shape index (κ1) is 18.7. The maximum atomic E-state index is 13.7. The predicted octanol–water partition coefficient (Wildman–Crippen LogP) is 5.46. The molecule has 28 heavy (non-hydrogen) atoms. The van der Waals surface area contributed by atoms with E-state index in [2.05, 4.69) is 5.32 Å². The van der Waals surface area contributed by atoms with Crippen LogP contribution in [0, 0.1) is 5.92 Å². The first-order valence-corrected chi connectivity index (χ1v) is 9.18. The molecule has 0 unspecified atom stereocenters. The van der Waals surface area contributed by atoms with Gasteiger partial charge in [0, 0.05) is 5.69 Å². The average Bonchev–Trinajstić information content (AvgIpc) is 3.16. The monoisotopic (exact) mass is 391 g/mol. The van der Waals surface area contributed by atoms with Crippen molar-refractivity contribution in [3.05, 3.63) is 58.7 Å². The number of rotatable bonds is 3. The van der Waals surface area contributed by atoms with Crippen molar-refractivity contribution in [1.82, 2.24) is 0 Å². The Bertz CT molecular complexity index is 926. The van der Waals surface area contributed by atoms with Crippen molar-refractivity contribution in [2.45, 2.75) is 37.4 Å². The highest BCUT2D eigenvalue weighted by Crippen LogP contribution is 2.54. The lowest BCUT2D eigenvalue weighted by Crippen LogP contribution is -2.30. The molecule has 3 atom stereocenters. The van der Waals surface area contributed by atoms with Crippen molar-refractivity contribution >= 4 is 11.7 Å². The molecule has 1 fully saturated rings. The first-order valence-electron chi connectivity index (χ1n) is 9.18. The Hall–Kier alpha value is -2.70. The third-order valence-corrected chi connectivity index (χ3v) is 5.91. The van der Waals surface area contributed by atoms with Gasteiger partial charge in [-0.05, 0) is 66.1 Å². The first-order chi connectivity index (χ1) is 13.3. The normalized spacial score (nSPS) is 23.5. The van der Waals surface area contributed by atoms with Gasteiger partial charge >= 0.3 is 12.1 Å². The Morgan fingerprint density at radius 1 is 1.14 bits per heavy atom. The number of alkyl halides is 3. The highest BCUT2D eigenvalue weighted by atomic mass is 19.4. The fourth-order valence-corrected chi connectivity index (χ4v) is 4.67. The molecule has 0 spiro atoms. The van der Waals surface area contributed by atoms with E-state index >= 15 is 0 Å². The summed E-state index contributed by atoms with van der Waals surface area (Å²) in [7, 11) is 1.59. The molecule has 2 aliphatic rings. The summed E-state index contributed by atoms with van der Waals surface area (Å²) in [6, 6.07) is 8.38. The molecule has 2 aromatic rings. The number of ether oxygens (including phenoxy) is 1. The molecular formula is C21H20F3NO3. The summed E-state index contributed by atoms with van der Waals surface area (Å²) in [5, 5.41) is 12.4. The molecule has 0 saturated heterocycles. The van der Waals surface area contributed by atoms with Gasteiger partial charge in [-0.25, -0.2) is 4.79 Å². The maximum absolute atomic E-state index is 13.7. The van der Waals surface area contributed by atoms with Gasteiger partial charge in [0.2, 0.25) is 0 Å². The van der Waals surface area contributed by atoms with Gasteiger partial charge in [-0.15, -0.1) is 0 Å². The summed E-state index contributed by atoms with van der Waals surface area (Å²) >= 11 is 0. The molecule has 4 rings (SSSR count). The zero-order chi connectivity index (χ0) is 20.1. The second-order valence-corrected chi connectivity index (χ2v) is 7.38. The van der Waals surface area contributed by atoms with Gasteiger partial charge in [0.15, 0.2) is 0 Å². The molecule has 7 heteroatoms. The molecule has 1 saturated carbocycles. The molecule has 0 aromatic heterocycles. The van der Waals surface area contributed by atoms with Crippen LogP contribution in [0.5, 0.6) is 5.75 Å². The van der Waals surface area contributed by atoms with Crippen LogP contribution in [0.2, 0.25) is 0 Å². The highest BCUT2D eigenvalue weighted by molar-refractivity contribution is 5.88. The Morgan fingerprint density at radius 3 is 2.61 bits per heavy atom. The fourth-order valence-electron chi connectivity index (χ4n) is 4.67. The molecule has 0 amide bonds. The van der Waals surface area contributed by atoms with Gasteiger partial charge in [0.1, 0.15) is 5.75 Å². The van der Waals surface area contributed by atoms with E-state index in [0.717, 1.165) is 42.3 Å².